The smallest absolute Gasteiger partial charge is 0.259 e. The highest BCUT2D eigenvalue weighted by molar-refractivity contribution is 6.31. The van der Waals surface area contributed by atoms with Crippen LogP contribution in [0.2, 0.25) is 5.02 Å². The highest BCUT2D eigenvalue weighted by atomic mass is 35.5. The van der Waals surface area contributed by atoms with Gasteiger partial charge in [-0.25, -0.2) is 0 Å². The van der Waals surface area contributed by atoms with E-state index in [1.54, 1.807) is 23.1 Å². The van der Waals surface area contributed by atoms with Crippen molar-refractivity contribution in [3.63, 3.8) is 0 Å². The van der Waals surface area contributed by atoms with E-state index in [1.165, 1.54) is 14.0 Å². The molecule has 0 radical (unpaired) electrons. The first-order valence-corrected chi connectivity index (χ1v) is 7.93. The first kappa shape index (κ1) is 16.3. The Balaban J connectivity index is 1.87. The molecule has 0 saturated carbocycles. The average Bonchev–Trinajstić information content (AvgIpc) is 2.98. The number of carbonyl (C=O) groups is 2. The molecule has 6 heteroatoms. The van der Waals surface area contributed by atoms with E-state index in [4.69, 9.17) is 16.3 Å². The quantitative estimate of drug-likeness (QED) is 0.927. The minimum absolute atomic E-state index is 0.00580. The molecule has 1 heterocycles. The molecular formula is C18H17ClN2O3. The summed E-state index contributed by atoms with van der Waals surface area (Å²) in [6.45, 7) is 2.21. The molecule has 2 aromatic rings. The van der Waals surface area contributed by atoms with Gasteiger partial charge in [0.2, 0.25) is 5.91 Å². The number of rotatable bonds is 3. The molecule has 1 aliphatic rings. The number of carbonyl (C=O) groups excluding carboxylic acids is 2. The Hall–Kier alpha value is -2.53. The van der Waals surface area contributed by atoms with Gasteiger partial charge in [-0.05, 0) is 42.3 Å². The Bertz CT molecular complexity index is 820. The average molecular weight is 345 g/mol. The van der Waals surface area contributed by atoms with Gasteiger partial charge in [0.1, 0.15) is 5.75 Å². The Kier molecular flexibility index (Phi) is 4.44. The van der Waals surface area contributed by atoms with Crippen molar-refractivity contribution in [1.82, 2.24) is 0 Å². The van der Waals surface area contributed by atoms with Crippen LogP contribution in [0.15, 0.2) is 36.4 Å². The number of fused-ring (bicyclic) bond motifs is 1. The first-order valence-electron chi connectivity index (χ1n) is 7.55. The van der Waals surface area contributed by atoms with Crippen LogP contribution in [0.1, 0.15) is 22.8 Å². The Morgan fingerprint density at radius 1 is 1.21 bits per heavy atom. The van der Waals surface area contributed by atoms with E-state index in [0.29, 0.717) is 28.6 Å². The zero-order chi connectivity index (χ0) is 17.3. The Morgan fingerprint density at radius 3 is 2.71 bits per heavy atom. The van der Waals surface area contributed by atoms with E-state index in [1.807, 2.05) is 18.2 Å². The SMILES string of the molecule is COc1ccc(Cl)cc1C(=O)Nc1ccc2c(c1)N(C(C)=O)CC2. The molecular weight excluding hydrogens is 328 g/mol. The van der Waals surface area contributed by atoms with E-state index < -0.39 is 0 Å². The van der Waals surface area contributed by atoms with Crippen LogP contribution in [0.3, 0.4) is 0 Å². The highest BCUT2D eigenvalue weighted by Gasteiger charge is 2.23. The monoisotopic (exact) mass is 344 g/mol. The maximum absolute atomic E-state index is 12.5. The summed E-state index contributed by atoms with van der Waals surface area (Å²) in [5.41, 5.74) is 2.92. The number of anilines is 2. The lowest BCUT2D eigenvalue weighted by molar-refractivity contribution is -0.116. The van der Waals surface area contributed by atoms with E-state index in [2.05, 4.69) is 5.32 Å². The van der Waals surface area contributed by atoms with E-state index >= 15 is 0 Å². The summed E-state index contributed by atoms with van der Waals surface area (Å²) in [7, 11) is 1.50. The summed E-state index contributed by atoms with van der Waals surface area (Å²) in [6, 6.07) is 10.5. The molecule has 0 atom stereocenters. The fourth-order valence-corrected chi connectivity index (χ4v) is 3.01. The fourth-order valence-electron chi connectivity index (χ4n) is 2.84. The van der Waals surface area contributed by atoms with Crippen molar-refractivity contribution in [2.75, 3.05) is 23.9 Å². The molecule has 0 saturated heterocycles. The molecule has 2 amide bonds. The molecule has 0 unspecified atom stereocenters. The second-order valence-electron chi connectivity index (χ2n) is 5.56. The van der Waals surface area contributed by atoms with E-state index in [-0.39, 0.29) is 11.8 Å². The van der Waals surface area contributed by atoms with Crippen molar-refractivity contribution in [3.8, 4) is 5.75 Å². The fraction of sp³-hybridized carbons (Fsp3) is 0.222. The van der Waals surface area contributed by atoms with Crippen LogP contribution in [0.5, 0.6) is 5.75 Å². The number of nitrogens with one attached hydrogen (secondary N) is 1. The summed E-state index contributed by atoms with van der Waals surface area (Å²) in [5.74, 6) is 0.124. The number of hydrogen-bond acceptors (Lipinski definition) is 3. The Labute approximate surface area is 145 Å². The van der Waals surface area contributed by atoms with Crippen LogP contribution in [0.4, 0.5) is 11.4 Å². The van der Waals surface area contributed by atoms with Gasteiger partial charge in [0.15, 0.2) is 0 Å². The zero-order valence-corrected chi connectivity index (χ0v) is 14.2. The third-order valence-corrected chi connectivity index (χ3v) is 4.26. The highest BCUT2D eigenvalue weighted by Crippen LogP contribution is 2.31. The first-order chi connectivity index (χ1) is 11.5. The summed E-state index contributed by atoms with van der Waals surface area (Å²) >= 11 is 5.97. The molecule has 3 rings (SSSR count). The van der Waals surface area contributed by atoms with Crippen molar-refractivity contribution in [1.29, 1.82) is 0 Å². The molecule has 24 heavy (non-hydrogen) atoms. The van der Waals surface area contributed by atoms with Gasteiger partial charge in [-0.2, -0.15) is 0 Å². The Morgan fingerprint density at radius 2 is 2.00 bits per heavy atom. The van der Waals surface area contributed by atoms with Crippen LogP contribution >= 0.6 is 11.6 Å². The summed E-state index contributed by atoms with van der Waals surface area (Å²) in [4.78, 5) is 25.9. The van der Waals surface area contributed by atoms with Gasteiger partial charge < -0.3 is 15.0 Å². The minimum atomic E-state index is -0.318. The molecule has 2 aromatic carbocycles. The number of nitrogens with zero attached hydrogens (tertiary/aromatic N) is 1. The lowest BCUT2D eigenvalue weighted by Crippen LogP contribution is -2.25. The third-order valence-electron chi connectivity index (χ3n) is 4.02. The molecule has 0 bridgehead atoms. The largest absolute Gasteiger partial charge is 0.496 e. The summed E-state index contributed by atoms with van der Waals surface area (Å²) in [5, 5.41) is 3.29. The molecule has 1 aliphatic heterocycles. The number of amides is 2. The van der Waals surface area contributed by atoms with Gasteiger partial charge in [0.05, 0.1) is 12.7 Å². The molecule has 124 valence electrons. The number of benzene rings is 2. The predicted molar refractivity (Wildman–Crippen MR) is 94.1 cm³/mol. The maximum Gasteiger partial charge on any atom is 0.259 e. The molecule has 0 spiro atoms. The van der Waals surface area contributed by atoms with Gasteiger partial charge >= 0.3 is 0 Å². The van der Waals surface area contributed by atoms with Gasteiger partial charge in [0.25, 0.3) is 5.91 Å². The van der Waals surface area contributed by atoms with E-state index in [0.717, 1.165) is 17.7 Å². The third kappa shape index (κ3) is 3.08. The summed E-state index contributed by atoms with van der Waals surface area (Å²) in [6.07, 6.45) is 0.825. The maximum atomic E-state index is 12.5. The van der Waals surface area contributed by atoms with Crippen LogP contribution in [-0.4, -0.2) is 25.5 Å². The molecule has 5 nitrogen and oxygen atoms in total. The molecule has 0 aromatic heterocycles. The normalized spacial score (nSPS) is 12.7. The second kappa shape index (κ2) is 6.53. The minimum Gasteiger partial charge on any atom is -0.496 e. The van der Waals surface area contributed by atoms with Crippen molar-refractivity contribution >= 4 is 34.8 Å². The number of methoxy groups -OCH3 is 1. The number of halogens is 1. The summed E-state index contributed by atoms with van der Waals surface area (Å²) < 4.78 is 5.21. The lowest BCUT2D eigenvalue weighted by atomic mass is 10.1. The van der Waals surface area contributed by atoms with E-state index in [9.17, 15) is 9.59 Å². The van der Waals surface area contributed by atoms with Crippen LogP contribution < -0.4 is 15.0 Å². The van der Waals surface area contributed by atoms with Crippen LogP contribution in [0.25, 0.3) is 0 Å². The second-order valence-corrected chi connectivity index (χ2v) is 6.00. The van der Waals surface area contributed by atoms with Crippen LogP contribution in [-0.2, 0) is 11.2 Å². The molecule has 1 N–H and O–H groups in total. The van der Waals surface area contributed by atoms with Crippen molar-refractivity contribution in [3.05, 3.63) is 52.5 Å². The molecule has 0 fully saturated rings. The van der Waals surface area contributed by atoms with Gasteiger partial charge in [-0.1, -0.05) is 17.7 Å². The van der Waals surface area contributed by atoms with Gasteiger partial charge in [-0.15, -0.1) is 0 Å². The van der Waals surface area contributed by atoms with Crippen molar-refractivity contribution < 1.29 is 14.3 Å². The number of ether oxygens (including phenoxy) is 1. The zero-order valence-electron chi connectivity index (χ0n) is 13.4. The van der Waals surface area contributed by atoms with Gasteiger partial charge in [0, 0.05) is 29.9 Å². The van der Waals surface area contributed by atoms with Crippen LogP contribution in [0, 0.1) is 0 Å². The standard InChI is InChI=1S/C18H17ClN2O3/c1-11(22)21-8-7-12-3-5-14(10-16(12)21)20-18(23)15-9-13(19)4-6-17(15)24-2/h3-6,9-10H,7-8H2,1-2H3,(H,20,23). The lowest BCUT2D eigenvalue weighted by Gasteiger charge is -2.16. The number of hydrogen-bond donors (Lipinski definition) is 1. The van der Waals surface area contributed by atoms with Gasteiger partial charge in [-0.3, -0.25) is 9.59 Å². The predicted octanol–water partition coefficient (Wildman–Crippen LogP) is 3.51. The molecule has 0 aliphatic carbocycles. The van der Waals surface area contributed by atoms with Crippen molar-refractivity contribution in [2.24, 2.45) is 0 Å². The van der Waals surface area contributed by atoms with Crippen molar-refractivity contribution in [2.45, 2.75) is 13.3 Å². The topological polar surface area (TPSA) is 58.6 Å².